The first-order valence-electron chi connectivity index (χ1n) is 6.47. The summed E-state index contributed by atoms with van der Waals surface area (Å²) in [6, 6.07) is 12.6. The maximum absolute atomic E-state index is 12.2. The lowest BCUT2D eigenvalue weighted by atomic mass is 10.3. The Labute approximate surface area is 144 Å². The number of alkyl halides is 3. The van der Waals surface area contributed by atoms with Crippen LogP contribution in [0.5, 0.6) is 5.75 Å². The van der Waals surface area contributed by atoms with Gasteiger partial charge >= 0.3 is 6.36 Å². The largest absolute Gasteiger partial charge is 0.573 e. The SMILES string of the molecule is O=C(CNc1cccc(OC(F)(F)F)c1)Nc1ccccc1I. The highest BCUT2D eigenvalue weighted by molar-refractivity contribution is 14.1. The van der Waals surface area contributed by atoms with Gasteiger partial charge in [0, 0.05) is 15.3 Å². The van der Waals surface area contributed by atoms with Crippen molar-refractivity contribution in [3.05, 3.63) is 52.1 Å². The topological polar surface area (TPSA) is 50.4 Å². The van der Waals surface area contributed by atoms with E-state index >= 15 is 0 Å². The molecule has 0 aliphatic heterocycles. The zero-order valence-corrected chi connectivity index (χ0v) is 13.8. The van der Waals surface area contributed by atoms with Crippen LogP contribution in [0.25, 0.3) is 0 Å². The minimum Gasteiger partial charge on any atom is -0.406 e. The van der Waals surface area contributed by atoms with Crippen molar-refractivity contribution < 1.29 is 22.7 Å². The van der Waals surface area contributed by atoms with Crippen molar-refractivity contribution in [2.75, 3.05) is 17.2 Å². The van der Waals surface area contributed by atoms with Gasteiger partial charge < -0.3 is 15.4 Å². The predicted octanol–water partition coefficient (Wildman–Crippen LogP) is 4.24. The molecular formula is C15H12F3IN2O2. The Bertz CT molecular complexity index is 692. The van der Waals surface area contributed by atoms with E-state index in [-0.39, 0.29) is 18.2 Å². The van der Waals surface area contributed by atoms with Gasteiger partial charge in [0.1, 0.15) is 5.75 Å². The van der Waals surface area contributed by atoms with E-state index in [1.165, 1.54) is 18.2 Å². The number of carbonyl (C=O) groups excluding carboxylic acids is 1. The molecule has 0 radical (unpaired) electrons. The number of amides is 1. The molecular weight excluding hydrogens is 424 g/mol. The van der Waals surface area contributed by atoms with Gasteiger partial charge in [-0.05, 0) is 46.9 Å². The molecule has 1 amide bonds. The second kappa shape index (κ2) is 7.53. The Morgan fingerprint density at radius 2 is 1.87 bits per heavy atom. The van der Waals surface area contributed by atoms with Crippen LogP contribution in [0.1, 0.15) is 0 Å². The van der Waals surface area contributed by atoms with E-state index in [2.05, 4.69) is 38.0 Å². The number of rotatable bonds is 5. The number of ether oxygens (including phenoxy) is 1. The average Bonchev–Trinajstić information content (AvgIpc) is 2.46. The summed E-state index contributed by atoms with van der Waals surface area (Å²) in [7, 11) is 0. The van der Waals surface area contributed by atoms with Crippen molar-refractivity contribution >= 4 is 39.9 Å². The molecule has 0 fully saturated rings. The molecule has 0 aliphatic carbocycles. The Kier molecular flexibility index (Phi) is 5.69. The molecule has 0 heterocycles. The van der Waals surface area contributed by atoms with Crippen LogP contribution in [0, 0.1) is 3.57 Å². The van der Waals surface area contributed by atoms with Crippen LogP contribution in [0.2, 0.25) is 0 Å². The van der Waals surface area contributed by atoms with Gasteiger partial charge in [-0.3, -0.25) is 4.79 Å². The molecule has 8 heteroatoms. The Balaban J connectivity index is 1.92. The zero-order valence-electron chi connectivity index (χ0n) is 11.7. The smallest absolute Gasteiger partial charge is 0.406 e. The molecule has 2 aromatic carbocycles. The van der Waals surface area contributed by atoms with Crippen LogP contribution in [-0.2, 0) is 4.79 Å². The molecule has 0 aliphatic rings. The van der Waals surface area contributed by atoms with Gasteiger partial charge in [-0.1, -0.05) is 18.2 Å². The maximum Gasteiger partial charge on any atom is 0.573 e. The molecule has 4 nitrogen and oxygen atoms in total. The van der Waals surface area contributed by atoms with Crippen molar-refractivity contribution in [3.63, 3.8) is 0 Å². The van der Waals surface area contributed by atoms with Crippen molar-refractivity contribution in [2.45, 2.75) is 6.36 Å². The third kappa shape index (κ3) is 5.97. The molecule has 122 valence electrons. The minimum absolute atomic E-state index is 0.0829. The number of benzene rings is 2. The Morgan fingerprint density at radius 3 is 2.57 bits per heavy atom. The third-order valence-electron chi connectivity index (χ3n) is 2.67. The summed E-state index contributed by atoms with van der Waals surface area (Å²) >= 11 is 2.09. The lowest BCUT2D eigenvalue weighted by Crippen LogP contribution is -2.22. The summed E-state index contributed by atoms with van der Waals surface area (Å²) < 4.78 is 41.2. The molecule has 2 aromatic rings. The molecule has 0 unspecified atom stereocenters. The fourth-order valence-electron chi connectivity index (χ4n) is 1.74. The number of hydrogen-bond acceptors (Lipinski definition) is 3. The van der Waals surface area contributed by atoms with E-state index in [0.29, 0.717) is 11.4 Å². The second-order valence-corrected chi connectivity index (χ2v) is 5.62. The average molecular weight is 436 g/mol. The van der Waals surface area contributed by atoms with Gasteiger partial charge in [0.2, 0.25) is 5.91 Å². The molecule has 0 saturated heterocycles. The highest BCUT2D eigenvalue weighted by atomic mass is 127. The minimum atomic E-state index is -4.75. The van der Waals surface area contributed by atoms with Crippen LogP contribution in [0.4, 0.5) is 24.5 Å². The quantitative estimate of drug-likeness (QED) is 0.690. The Hall–Kier alpha value is -1.97. The first-order chi connectivity index (χ1) is 10.8. The summed E-state index contributed by atoms with van der Waals surface area (Å²) in [5.74, 6) is -0.656. The Morgan fingerprint density at radius 1 is 1.13 bits per heavy atom. The monoisotopic (exact) mass is 436 g/mol. The standard InChI is InChI=1S/C15H12F3IN2O2/c16-15(17,18)23-11-5-3-4-10(8-11)20-9-14(22)21-13-7-2-1-6-12(13)19/h1-8,20H,9H2,(H,21,22). The lowest BCUT2D eigenvalue weighted by molar-refractivity contribution is -0.274. The van der Waals surface area contributed by atoms with E-state index in [1.54, 1.807) is 18.2 Å². The highest BCUT2D eigenvalue weighted by Crippen LogP contribution is 2.25. The molecule has 23 heavy (non-hydrogen) atoms. The first kappa shape index (κ1) is 17.4. The molecule has 0 atom stereocenters. The predicted molar refractivity (Wildman–Crippen MR) is 89.4 cm³/mol. The molecule has 0 spiro atoms. The fraction of sp³-hybridized carbons (Fsp3) is 0.133. The van der Waals surface area contributed by atoms with E-state index in [4.69, 9.17) is 0 Å². The number of anilines is 2. The van der Waals surface area contributed by atoms with Crippen LogP contribution in [0.15, 0.2) is 48.5 Å². The molecule has 2 N–H and O–H groups in total. The molecule has 0 saturated carbocycles. The van der Waals surface area contributed by atoms with Crippen LogP contribution >= 0.6 is 22.6 Å². The van der Waals surface area contributed by atoms with E-state index in [9.17, 15) is 18.0 Å². The van der Waals surface area contributed by atoms with Gasteiger partial charge in [0.25, 0.3) is 0 Å². The highest BCUT2D eigenvalue weighted by Gasteiger charge is 2.31. The van der Waals surface area contributed by atoms with E-state index < -0.39 is 6.36 Å². The zero-order chi connectivity index (χ0) is 16.9. The summed E-state index contributed by atoms with van der Waals surface area (Å²) in [6.45, 7) is -0.0829. The number of carbonyl (C=O) groups is 1. The second-order valence-electron chi connectivity index (χ2n) is 4.46. The molecule has 0 aromatic heterocycles. The summed E-state index contributed by atoms with van der Waals surface area (Å²) in [4.78, 5) is 11.9. The van der Waals surface area contributed by atoms with Gasteiger partial charge in [0.15, 0.2) is 0 Å². The van der Waals surface area contributed by atoms with Crippen molar-refractivity contribution in [2.24, 2.45) is 0 Å². The normalized spacial score (nSPS) is 11.0. The van der Waals surface area contributed by atoms with Crippen LogP contribution in [0.3, 0.4) is 0 Å². The van der Waals surface area contributed by atoms with Gasteiger partial charge in [0.05, 0.1) is 12.2 Å². The first-order valence-corrected chi connectivity index (χ1v) is 7.55. The van der Waals surface area contributed by atoms with Crippen molar-refractivity contribution in [1.82, 2.24) is 0 Å². The number of nitrogens with one attached hydrogen (secondary N) is 2. The summed E-state index contributed by atoms with van der Waals surface area (Å²) in [6.07, 6.45) is -4.75. The number of para-hydroxylation sites is 1. The fourth-order valence-corrected chi connectivity index (χ4v) is 2.26. The number of halogens is 4. The van der Waals surface area contributed by atoms with Crippen molar-refractivity contribution in [3.8, 4) is 5.75 Å². The van der Waals surface area contributed by atoms with Crippen LogP contribution < -0.4 is 15.4 Å². The van der Waals surface area contributed by atoms with E-state index in [0.717, 1.165) is 3.57 Å². The maximum atomic E-state index is 12.2. The molecule has 0 bridgehead atoms. The van der Waals surface area contributed by atoms with E-state index in [1.807, 2.05) is 12.1 Å². The van der Waals surface area contributed by atoms with Gasteiger partial charge in [-0.25, -0.2) is 0 Å². The third-order valence-corrected chi connectivity index (χ3v) is 3.61. The molecule has 2 rings (SSSR count). The van der Waals surface area contributed by atoms with Crippen LogP contribution in [-0.4, -0.2) is 18.8 Å². The van der Waals surface area contributed by atoms with Crippen molar-refractivity contribution in [1.29, 1.82) is 0 Å². The summed E-state index contributed by atoms with van der Waals surface area (Å²) in [5, 5.41) is 5.46. The van der Waals surface area contributed by atoms with Gasteiger partial charge in [-0.15, -0.1) is 13.2 Å². The lowest BCUT2D eigenvalue weighted by Gasteiger charge is -2.12. The number of hydrogen-bond donors (Lipinski definition) is 2. The summed E-state index contributed by atoms with van der Waals surface area (Å²) in [5.41, 5.74) is 1.03. The van der Waals surface area contributed by atoms with Gasteiger partial charge in [-0.2, -0.15) is 0 Å².